The van der Waals surface area contributed by atoms with Crippen LogP contribution < -0.4 is 15.8 Å². The van der Waals surface area contributed by atoms with Gasteiger partial charge in [0.1, 0.15) is 0 Å². The van der Waals surface area contributed by atoms with E-state index in [1.54, 1.807) is 13.1 Å². The number of carbonyl (C=O) groups excluding carboxylic acids is 1. The Morgan fingerprint density at radius 2 is 2.40 bits per heavy atom. The number of ether oxygens (including phenoxy) is 1. The quantitative estimate of drug-likeness (QED) is 0.764. The van der Waals surface area contributed by atoms with Crippen LogP contribution in [0, 0.1) is 0 Å². The van der Waals surface area contributed by atoms with Gasteiger partial charge in [0, 0.05) is 13.2 Å². The van der Waals surface area contributed by atoms with Crippen molar-refractivity contribution >= 4 is 11.7 Å². The third-order valence-electron chi connectivity index (χ3n) is 2.22. The number of carbonyl (C=O) groups is 1. The second-order valence-corrected chi connectivity index (χ2v) is 3.47. The summed E-state index contributed by atoms with van der Waals surface area (Å²) in [5.74, 6) is 0.526. The Hall–Kier alpha value is -1.78. The van der Waals surface area contributed by atoms with E-state index in [-0.39, 0.29) is 6.10 Å². The Morgan fingerprint density at radius 3 is 2.93 bits per heavy atom. The molecule has 0 aromatic carbocycles. The topological polar surface area (TPSA) is 77.2 Å². The molecule has 5 nitrogen and oxygen atoms in total. The monoisotopic (exact) mass is 207 g/mol. The van der Waals surface area contributed by atoms with Gasteiger partial charge in [0.15, 0.2) is 11.6 Å². The van der Waals surface area contributed by atoms with Crippen LogP contribution in [0.1, 0.15) is 23.2 Å². The van der Waals surface area contributed by atoms with Crippen molar-refractivity contribution in [2.24, 2.45) is 5.73 Å². The Bertz CT molecular complexity index is 388. The first-order chi connectivity index (χ1) is 7.22. The van der Waals surface area contributed by atoms with Gasteiger partial charge in [0.05, 0.1) is 11.7 Å². The fourth-order valence-corrected chi connectivity index (χ4v) is 1.29. The number of aromatic nitrogens is 1. The van der Waals surface area contributed by atoms with Crippen molar-refractivity contribution < 1.29 is 9.53 Å². The first-order valence-corrected chi connectivity index (χ1v) is 4.85. The predicted molar refractivity (Wildman–Crippen MR) is 56.0 cm³/mol. The lowest BCUT2D eigenvalue weighted by molar-refractivity contribution is 0.0996. The lowest BCUT2D eigenvalue weighted by Gasteiger charge is -2.12. The van der Waals surface area contributed by atoms with Crippen LogP contribution in [0.4, 0.5) is 5.82 Å². The lowest BCUT2D eigenvalue weighted by atomic mass is 10.2. The van der Waals surface area contributed by atoms with Crippen molar-refractivity contribution in [1.29, 1.82) is 0 Å². The molecule has 1 aliphatic rings. The largest absolute Gasteiger partial charge is 0.486 e. The summed E-state index contributed by atoms with van der Waals surface area (Å²) in [4.78, 5) is 15.3. The summed E-state index contributed by atoms with van der Waals surface area (Å²) in [6, 6.07) is 1.57. The zero-order valence-corrected chi connectivity index (χ0v) is 8.49. The zero-order chi connectivity index (χ0) is 10.8. The van der Waals surface area contributed by atoms with E-state index in [0.717, 1.165) is 12.8 Å². The smallest absolute Gasteiger partial charge is 0.252 e. The zero-order valence-electron chi connectivity index (χ0n) is 8.49. The van der Waals surface area contributed by atoms with Crippen LogP contribution in [0.3, 0.4) is 0 Å². The van der Waals surface area contributed by atoms with E-state index in [4.69, 9.17) is 10.5 Å². The number of anilines is 1. The summed E-state index contributed by atoms with van der Waals surface area (Å²) in [6.07, 6.45) is 3.79. The van der Waals surface area contributed by atoms with Crippen molar-refractivity contribution in [3.05, 3.63) is 17.8 Å². The molecular formula is C10H13N3O2. The Labute approximate surface area is 87.6 Å². The summed E-state index contributed by atoms with van der Waals surface area (Å²) < 4.78 is 5.61. The molecule has 1 aromatic rings. The number of amides is 1. The van der Waals surface area contributed by atoms with Gasteiger partial charge in [0.25, 0.3) is 5.91 Å². The van der Waals surface area contributed by atoms with Gasteiger partial charge < -0.3 is 15.8 Å². The second kappa shape index (κ2) is 3.76. The van der Waals surface area contributed by atoms with Gasteiger partial charge >= 0.3 is 0 Å². The molecule has 0 unspecified atom stereocenters. The highest BCUT2D eigenvalue weighted by Crippen LogP contribution is 2.33. The van der Waals surface area contributed by atoms with Crippen LogP contribution in [0.2, 0.25) is 0 Å². The highest BCUT2D eigenvalue weighted by Gasteiger charge is 2.27. The molecule has 0 bridgehead atoms. The van der Waals surface area contributed by atoms with Crippen LogP contribution >= 0.6 is 0 Å². The predicted octanol–water partition coefficient (Wildman–Crippen LogP) is 0.763. The van der Waals surface area contributed by atoms with E-state index in [9.17, 15) is 4.79 Å². The standard InChI is InChI=1S/C10H13N3O2/c1-12-10-8(15-6-2-3-6)7(9(11)14)4-5-13-10/h4-6H,2-3H2,1H3,(H2,11,14)(H,12,13). The highest BCUT2D eigenvalue weighted by atomic mass is 16.5. The Balaban J connectivity index is 2.38. The minimum Gasteiger partial charge on any atom is -0.486 e. The first kappa shape index (κ1) is 9.76. The minimum absolute atomic E-state index is 0.208. The molecule has 1 heterocycles. The van der Waals surface area contributed by atoms with E-state index in [2.05, 4.69) is 10.3 Å². The van der Waals surface area contributed by atoms with Gasteiger partial charge in [-0.25, -0.2) is 4.98 Å². The van der Waals surface area contributed by atoms with Crippen LogP contribution in [0.5, 0.6) is 5.75 Å². The minimum atomic E-state index is -0.496. The molecule has 15 heavy (non-hydrogen) atoms. The summed E-state index contributed by atoms with van der Waals surface area (Å²) in [5.41, 5.74) is 5.64. The molecule has 0 aliphatic heterocycles. The number of hydrogen-bond acceptors (Lipinski definition) is 4. The molecule has 1 amide bonds. The van der Waals surface area contributed by atoms with Gasteiger partial charge in [-0.1, -0.05) is 0 Å². The van der Waals surface area contributed by atoms with Crippen LogP contribution in [0.25, 0.3) is 0 Å². The normalized spacial score (nSPS) is 14.7. The van der Waals surface area contributed by atoms with Gasteiger partial charge in [-0.2, -0.15) is 0 Å². The molecule has 0 radical (unpaired) electrons. The summed E-state index contributed by atoms with van der Waals surface area (Å²) >= 11 is 0. The number of rotatable bonds is 4. The van der Waals surface area contributed by atoms with Crippen molar-refractivity contribution in [2.45, 2.75) is 18.9 Å². The lowest BCUT2D eigenvalue weighted by Crippen LogP contribution is -2.15. The van der Waals surface area contributed by atoms with E-state index in [0.29, 0.717) is 17.1 Å². The Morgan fingerprint density at radius 1 is 1.67 bits per heavy atom. The second-order valence-electron chi connectivity index (χ2n) is 3.47. The number of nitrogens with zero attached hydrogens (tertiary/aromatic N) is 1. The number of nitrogens with two attached hydrogens (primary N) is 1. The van der Waals surface area contributed by atoms with Crippen LogP contribution in [0.15, 0.2) is 12.3 Å². The molecule has 5 heteroatoms. The maximum absolute atomic E-state index is 11.2. The van der Waals surface area contributed by atoms with Crippen molar-refractivity contribution in [3.63, 3.8) is 0 Å². The fourth-order valence-electron chi connectivity index (χ4n) is 1.29. The summed E-state index contributed by atoms with van der Waals surface area (Å²) in [6.45, 7) is 0. The van der Waals surface area contributed by atoms with Gasteiger partial charge in [-0.15, -0.1) is 0 Å². The van der Waals surface area contributed by atoms with E-state index in [1.807, 2.05) is 0 Å². The SMILES string of the molecule is CNc1nccc(C(N)=O)c1OC1CC1. The number of pyridine rings is 1. The number of primary amides is 1. The average Bonchev–Trinajstić information content (AvgIpc) is 3.01. The molecule has 0 spiro atoms. The fraction of sp³-hybridized carbons (Fsp3) is 0.400. The molecule has 0 saturated heterocycles. The number of nitrogens with one attached hydrogen (secondary N) is 1. The maximum atomic E-state index is 11.2. The molecule has 3 N–H and O–H groups in total. The molecule has 1 saturated carbocycles. The third-order valence-corrected chi connectivity index (χ3v) is 2.22. The van der Waals surface area contributed by atoms with Gasteiger partial charge in [0.2, 0.25) is 0 Å². The van der Waals surface area contributed by atoms with E-state index >= 15 is 0 Å². The average molecular weight is 207 g/mol. The van der Waals surface area contributed by atoms with Crippen molar-refractivity contribution in [2.75, 3.05) is 12.4 Å². The van der Waals surface area contributed by atoms with E-state index in [1.165, 1.54) is 6.20 Å². The van der Waals surface area contributed by atoms with Gasteiger partial charge in [-0.3, -0.25) is 4.79 Å². The first-order valence-electron chi connectivity index (χ1n) is 4.85. The molecular weight excluding hydrogens is 194 g/mol. The summed E-state index contributed by atoms with van der Waals surface area (Å²) in [5, 5.41) is 2.88. The van der Waals surface area contributed by atoms with E-state index < -0.39 is 5.91 Å². The molecule has 1 aromatic heterocycles. The molecule has 80 valence electrons. The van der Waals surface area contributed by atoms with Crippen LogP contribution in [-0.4, -0.2) is 24.0 Å². The van der Waals surface area contributed by atoms with Gasteiger partial charge in [-0.05, 0) is 18.9 Å². The molecule has 1 fully saturated rings. The van der Waals surface area contributed by atoms with Crippen molar-refractivity contribution in [1.82, 2.24) is 4.98 Å². The van der Waals surface area contributed by atoms with Crippen molar-refractivity contribution in [3.8, 4) is 5.75 Å². The maximum Gasteiger partial charge on any atom is 0.252 e. The third kappa shape index (κ3) is 2.01. The molecule has 1 aliphatic carbocycles. The molecule has 2 rings (SSSR count). The highest BCUT2D eigenvalue weighted by molar-refractivity contribution is 5.97. The molecule has 0 atom stereocenters. The Kier molecular flexibility index (Phi) is 2.45. The summed E-state index contributed by atoms with van der Waals surface area (Å²) in [7, 11) is 1.73. The van der Waals surface area contributed by atoms with Crippen LogP contribution in [-0.2, 0) is 0 Å². The number of hydrogen-bond donors (Lipinski definition) is 2.